The highest BCUT2D eigenvalue weighted by Gasteiger charge is 2.30. The maximum absolute atomic E-state index is 13.1. The van der Waals surface area contributed by atoms with E-state index < -0.39 is 11.7 Å². The molecular weight excluding hydrogens is 523 g/mol. The minimum absolute atomic E-state index is 0.0890. The fraction of sp³-hybridized carbons (Fsp3) is 0.214. The van der Waals surface area contributed by atoms with Gasteiger partial charge in [0.2, 0.25) is 5.91 Å². The first-order chi connectivity index (χ1) is 19.3. The van der Waals surface area contributed by atoms with E-state index in [1.807, 2.05) is 0 Å². The lowest BCUT2D eigenvalue weighted by Gasteiger charge is -2.14. The molecule has 40 heavy (non-hydrogen) atoms. The summed E-state index contributed by atoms with van der Waals surface area (Å²) in [6, 6.07) is 9.95. The van der Waals surface area contributed by atoms with Gasteiger partial charge in [-0.2, -0.15) is 13.2 Å². The Morgan fingerprint density at radius 1 is 1.12 bits per heavy atom. The van der Waals surface area contributed by atoms with E-state index in [1.165, 1.54) is 18.5 Å². The summed E-state index contributed by atoms with van der Waals surface area (Å²) in [5.74, 6) is 1.42. The molecule has 2 aromatic heterocycles. The van der Waals surface area contributed by atoms with Gasteiger partial charge in [-0.25, -0.2) is 15.0 Å². The number of anilines is 3. The third kappa shape index (κ3) is 6.40. The minimum atomic E-state index is -4.46. The molecule has 0 radical (unpaired) electrons. The number of aryl methyl sites for hydroxylation is 1. The maximum atomic E-state index is 13.1. The lowest BCUT2D eigenvalue weighted by molar-refractivity contribution is -0.137. The second-order valence-corrected chi connectivity index (χ2v) is 9.13. The first-order valence-electron chi connectivity index (χ1n) is 12.5. The van der Waals surface area contributed by atoms with E-state index in [0.29, 0.717) is 65.7 Å². The monoisotopic (exact) mass is 549 g/mol. The number of ether oxygens (including phenoxy) is 1. The summed E-state index contributed by atoms with van der Waals surface area (Å²) in [5, 5.41) is 9.44. The van der Waals surface area contributed by atoms with Crippen molar-refractivity contribution >= 4 is 29.3 Å². The number of nitrogens with one attached hydrogen (secondary N) is 4. The largest absolute Gasteiger partial charge is 0.457 e. The van der Waals surface area contributed by atoms with Gasteiger partial charge in [-0.3, -0.25) is 4.79 Å². The molecule has 0 spiro atoms. The second-order valence-electron chi connectivity index (χ2n) is 9.13. The predicted molar refractivity (Wildman–Crippen MR) is 144 cm³/mol. The highest BCUT2D eigenvalue weighted by Crippen LogP contribution is 2.35. The van der Waals surface area contributed by atoms with Crippen LogP contribution in [-0.4, -0.2) is 38.9 Å². The molecule has 4 N–H and O–H groups in total. The van der Waals surface area contributed by atoms with Gasteiger partial charge in [-0.1, -0.05) is 6.07 Å². The normalized spacial score (nSPS) is 12.9. The second kappa shape index (κ2) is 11.5. The Kier molecular flexibility index (Phi) is 7.67. The molecule has 1 amide bonds. The van der Waals surface area contributed by atoms with Gasteiger partial charge < -0.3 is 25.7 Å². The molecule has 0 saturated heterocycles. The van der Waals surface area contributed by atoms with E-state index in [2.05, 4.69) is 35.9 Å². The molecule has 3 heterocycles. The lowest BCUT2D eigenvalue weighted by Crippen LogP contribution is -2.27. The van der Waals surface area contributed by atoms with Gasteiger partial charge in [0.05, 0.1) is 23.1 Å². The fourth-order valence-corrected chi connectivity index (χ4v) is 4.20. The maximum Gasteiger partial charge on any atom is 0.416 e. The van der Waals surface area contributed by atoms with E-state index in [4.69, 9.17) is 4.74 Å². The number of hydrogen-bond donors (Lipinski definition) is 4. The third-order valence-corrected chi connectivity index (χ3v) is 6.23. The van der Waals surface area contributed by atoms with Crippen molar-refractivity contribution in [1.82, 2.24) is 25.3 Å². The van der Waals surface area contributed by atoms with Crippen LogP contribution in [0.1, 0.15) is 28.8 Å². The number of fused-ring (bicyclic) bond motifs is 1. The van der Waals surface area contributed by atoms with Crippen LogP contribution in [0.5, 0.6) is 11.5 Å². The number of benzene rings is 2. The van der Waals surface area contributed by atoms with E-state index >= 15 is 0 Å². The Labute approximate surface area is 227 Å². The number of halogens is 3. The van der Waals surface area contributed by atoms with Crippen molar-refractivity contribution in [3.05, 3.63) is 89.3 Å². The number of carbonyl (C=O) groups excluding carboxylic acids is 1. The van der Waals surface area contributed by atoms with Crippen LogP contribution in [0.25, 0.3) is 6.08 Å². The number of rotatable bonds is 8. The average Bonchev–Trinajstić information content (AvgIpc) is 3.34. The summed E-state index contributed by atoms with van der Waals surface area (Å²) in [6.07, 6.45) is 3.25. The molecule has 206 valence electrons. The van der Waals surface area contributed by atoms with Crippen molar-refractivity contribution in [2.24, 2.45) is 0 Å². The molecule has 5 rings (SSSR count). The smallest absolute Gasteiger partial charge is 0.416 e. The quantitative estimate of drug-likeness (QED) is 0.225. The molecule has 2 aromatic carbocycles. The molecule has 0 fully saturated rings. The van der Waals surface area contributed by atoms with E-state index in [0.717, 1.165) is 17.8 Å². The number of amides is 1. The Morgan fingerprint density at radius 2 is 2.00 bits per heavy atom. The SMILES string of the molecule is Cc1cc(Nc2ncnc3c2C=C(C(=O)NCCc2c[nH]cn2)CCN3)ccc1Oc1cccc(C(F)(F)F)c1. The van der Waals surface area contributed by atoms with Gasteiger partial charge in [-0.15, -0.1) is 0 Å². The number of aromatic nitrogens is 4. The molecule has 9 nitrogen and oxygen atoms in total. The molecule has 1 aliphatic heterocycles. The summed E-state index contributed by atoms with van der Waals surface area (Å²) in [6.45, 7) is 2.77. The van der Waals surface area contributed by atoms with Crippen LogP contribution >= 0.6 is 0 Å². The minimum Gasteiger partial charge on any atom is -0.457 e. The molecule has 0 atom stereocenters. The number of nitrogens with zero attached hydrogens (tertiary/aromatic N) is 3. The Morgan fingerprint density at radius 3 is 2.77 bits per heavy atom. The molecule has 0 bridgehead atoms. The number of imidazole rings is 1. The Bertz CT molecular complexity index is 1540. The van der Waals surface area contributed by atoms with E-state index in [9.17, 15) is 18.0 Å². The third-order valence-electron chi connectivity index (χ3n) is 6.23. The Hall–Kier alpha value is -4.87. The van der Waals surface area contributed by atoms with E-state index in [-0.39, 0.29) is 11.7 Å². The number of hydrogen-bond acceptors (Lipinski definition) is 7. The average molecular weight is 550 g/mol. The first kappa shape index (κ1) is 26.7. The lowest BCUT2D eigenvalue weighted by atomic mass is 10.1. The summed E-state index contributed by atoms with van der Waals surface area (Å²) in [4.78, 5) is 28.7. The molecular formula is C28H26F3N7O2. The van der Waals surface area contributed by atoms with Crippen LogP contribution in [0, 0.1) is 6.92 Å². The van der Waals surface area contributed by atoms with Crippen molar-refractivity contribution in [1.29, 1.82) is 0 Å². The number of alkyl halides is 3. The number of H-pyrrole nitrogens is 1. The van der Waals surface area contributed by atoms with Crippen molar-refractivity contribution in [3.63, 3.8) is 0 Å². The van der Waals surface area contributed by atoms with Gasteiger partial charge in [0.1, 0.15) is 29.5 Å². The topological polar surface area (TPSA) is 117 Å². The molecule has 0 saturated carbocycles. The van der Waals surface area contributed by atoms with Crippen LogP contribution in [-0.2, 0) is 17.4 Å². The first-order valence-corrected chi connectivity index (χ1v) is 12.5. The van der Waals surface area contributed by atoms with Crippen molar-refractivity contribution in [2.75, 3.05) is 23.7 Å². The Balaban J connectivity index is 1.31. The van der Waals surface area contributed by atoms with Crippen LogP contribution < -0.4 is 20.7 Å². The standard InChI is InChI=1S/C28H26F3N7O2/c1-17-11-20(5-6-24(17)40-22-4-2-3-19(13-22)28(29,30)31)38-26-23-12-18(7-9-33-25(23)36-16-37-26)27(39)34-10-8-21-14-32-15-35-21/h2-6,11-16H,7-10H2,1H3,(H,32,35)(H,34,39)(H2,33,36,37,38). The fourth-order valence-electron chi connectivity index (χ4n) is 4.20. The summed E-state index contributed by atoms with van der Waals surface area (Å²) < 4.78 is 44.9. The summed E-state index contributed by atoms with van der Waals surface area (Å²) >= 11 is 0. The molecule has 0 unspecified atom stereocenters. The zero-order valence-electron chi connectivity index (χ0n) is 21.5. The van der Waals surface area contributed by atoms with Gasteiger partial charge in [0, 0.05) is 37.0 Å². The summed E-state index contributed by atoms with van der Waals surface area (Å²) in [7, 11) is 0. The van der Waals surface area contributed by atoms with Crippen LogP contribution in [0.4, 0.5) is 30.5 Å². The van der Waals surface area contributed by atoms with Crippen molar-refractivity contribution in [2.45, 2.75) is 25.9 Å². The highest BCUT2D eigenvalue weighted by atomic mass is 19.4. The zero-order valence-corrected chi connectivity index (χ0v) is 21.5. The number of aromatic amines is 1. The summed E-state index contributed by atoms with van der Waals surface area (Å²) in [5.41, 5.74) is 2.69. The van der Waals surface area contributed by atoms with Gasteiger partial charge in [0.15, 0.2) is 0 Å². The molecule has 1 aliphatic rings. The number of carbonyl (C=O) groups is 1. The van der Waals surface area contributed by atoms with Gasteiger partial charge in [-0.05, 0) is 61.4 Å². The van der Waals surface area contributed by atoms with Crippen LogP contribution in [0.15, 0.2) is 66.9 Å². The van der Waals surface area contributed by atoms with Crippen LogP contribution in [0.3, 0.4) is 0 Å². The van der Waals surface area contributed by atoms with Crippen molar-refractivity contribution in [3.8, 4) is 11.5 Å². The van der Waals surface area contributed by atoms with Crippen molar-refractivity contribution < 1.29 is 22.7 Å². The van der Waals surface area contributed by atoms with Gasteiger partial charge in [0.25, 0.3) is 0 Å². The molecule has 12 heteroatoms. The molecule has 4 aromatic rings. The van der Waals surface area contributed by atoms with Crippen LogP contribution in [0.2, 0.25) is 0 Å². The zero-order chi connectivity index (χ0) is 28.1. The highest BCUT2D eigenvalue weighted by molar-refractivity contribution is 6.00. The van der Waals surface area contributed by atoms with Gasteiger partial charge >= 0.3 is 6.18 Å². The predicted octanol–water partition coefficient (Wildman–Crippen LogP) is 5.62. The molecule has 0 aliphatic carbocycles. The van der Waals surface area contributed by atoms with E-state index in [1.54, 1.807) is 43.7 Å².